The van der Waals surface area contributed by atoms with Gasteiger partial charge in [-0.3, -0.25) is 0 Å². The maximum Gasteiger partial charge on any atom is 0.0945 e. The minimum absolute atomic E-state index is 0.977. The second kappa shape index (κ2) is 16.1. The number of rotatable bonds is 18. The van der Waals surface area contributed by atoms with E-state index in [0.29, 0.717) is 0 Å². The molecule has 34 heavy (non-hydrogen) atoms. The van der Waals surface area contributed by atoms with Crippen molar-refractivity contribution in [1.82, 2.24) is 19.1 Å². The number of aryl methyl sites for hydroxylation is 6. The summed E-state index contributed by atoms with van der Waals surface area (Å²) in [6.45, 7) is 2.10. The van der Waals surface area contributed by atoms with Crippen LogP contribution in [0.2, 0.25) is 0 Å². The molecule has 0 saturated carbocycles. The van der Waals surface area contributed by atoms with Crippen molar-refractivity contribution in [2.45, 2.75) is 90.1 Å². The number of hydrogen-bond acceptors (Lipinski definition) is 4. The topological polar surface area (TPSA) is 35.6 Å². The number of aromatic nitrogens is 4. The van der Waals surface area contributed by atoms with Gasteiger partial charge in [0.15, 0.2) is 0 Å². The summed E-state index contributed by atoms with van der Waals surface area (Å²) >= 11 is 8.86. The Morgan fingerprint density at radius 2 is 0.912 bits per heavy atom. The first-order chi connectivity index (χ1) is 16.8. The van der Waals surface area contributed by atoms with Crippen LogP contribution in [-0.4, -0.2) is 30.6 Å². The minimum Gasteiger partial charge on any atom is -0.337 e. The Bertz CT molecular complexity index is 832. The standard InChI is InChI=1S/C28H42N4S2/c33-19-7-3-11-27-21-25(9-1-5-15-31-17-13-29-23-31)26(22-28(27)12-4-8-20-34)10-2-6-16-32-18-14-30-24-32/h13-14,17-18,21-24,33-34H,1-12,15-16,19-20H2. The van der Waals surface area contributed by atoms with Gasteiger partial charge in [-0.1, -0.05) is 12.1 Å². The van der Waals surface area contributed by atoms with E-state index in [1.54, 1.807) is 22.3 Å². The number of hydrogen-bond donors (Lipinski definition) is 2. The first kappa shape index (κ1) is 26.9. The van der Waals surface area contributed by atoms with E-state index in [0.717, 1.165) is 24.6 Å². The highest BCUT2D eigenvalue weighted by Crippen LogP contribution is 2.25. The molecule has 0 atom stereocenters. The van der Waals surface area contributed by atoms with Crippen molar-refractivity contribution in [3.05, 3.63) is 71.8 Å². The Morgan fingerprint density at radius 3 is 1.24 bits per heavy atom. The molecule has 0 aliphatic carbocycles. The molecule has 0 bridgehead atoms. The average molecular weight is 499 g/mol. The first-order valence-electron chi connectivity index (χ1n) is 13.1. The molecule has 0 spiro atoms. The zero-order valence-electron chi connectivity index (χ0n) is 20.6. The number of unbranched alkanes of at least 4 members (excludes halogenated alkanes) is 4. The smallest absolute Gasteiger partial charge is 0.0945 e. The lowest BCUT2D eigenvalue weighted by Gasteiger charge is -2.18. The van der Waals surface area contributed by atoms with Crippen LogP contribution in [0.4, 0.5) is 0 Å². The van der Waals surface area contributed by atoms with E-state index in [1.165, 1.54) is 77.0 Å². The second-order valence-electron chi connectivity index (χ2n) is 9.27. The van der Waals surface area contributed by atoms with Crippen LogP contribution >= 0.6 is 25.3 Å². The lowest BCUT2D eigenvalue weighted by atomic mass is 9.89. The third-order valence-corrected chi connectivity index (χ3v) is 7.21. The molecule has 2 heterocycles. The van der Waals surface area contributed by atoms with E-state index in [2.05, 4.69) is 68.9 Å². The molecule has 0 fully saturated rings. The Hall–Kier alpha value is -1.66. The van der Waals surface area contributed by atoms with Crippen LogP contribution < -0.4 is 0 Å². The van der Waals surface area contributed by atoms with Crippen molar-refractivity contribution in [2.24, 2.45) is 0 Å². The molecule has 0 N–H and O–H groups in total. The van der Waals surface area contributed by atoms with Gasteiger partial charge in [0.05, 0.1) is 12.7 Å². The fourth-order valence-electron chi connectivity index (χ4n) is 4.63. The van der Waals surface area contributed by atoms with E-state index in [1.807, 2.05) is 25.0 Å². The van der Waals surface area contributed by atoms with E-state index in [-0.39, 0.29) is 0 Å². The van der Waals surface area contributed by atoms with Gasteiger partial charge in [-0.15, -0.1) is 0 Å². The normalized spacial score (nSPS) is 11.4. The third kappa shape index (κ3) is 9.53. The van der Waals surface area contributed by atoms with Gasteiger partial charge in [0.2, 0.25) is 0 Å². The van der Waals surface area contributed by atoms with Crippen LogP contribution in [0.3, 0.4) is 0 Å². The summed E-state index contributed by atoms with van der Waals surface area (Å²) in [5.74, 6) is 1.95. The summed E-state index contributed by atoms with van der Waals surface area (Å²) in [5, 5.41) is 0. The largest absolute Gasteiger partial charge is 0.337 e. The lowest BCUT2D eigenvalue weighted by Crippen LogP contribution is -2.05. The molecule has 0 aliphatic heterocycles. The van der Waals surface area contributed by atoms with Crippen molar-refractivity contribution >= 4 is 25.3 Å². The third-order valence-electron chi connectivity index (χ3n) is 6.57. The zero-order chi connectivity index (χ0) is 23.8. The van der Waals surface area contributed by atoms with Crippen molar-refractivity contribution in [3.63, 3.8) is 0 Å². The summed E-state index contributed by atoms with van der Waals surface area (Å²) in [6.07, 6.45) is 26.0. The van der Waals surface area contributed by atoms with Gasteiger partial charge in [0, 0.05) is 37.9 Å². The maximum atomic E-state index is 4.43. The highest BCUT2D eigenvalue weighted by molar-refractivity contribution is 7.80. The lowest BCUT2D eigenvalue weighted by molar-refractivity contribution is 0.597. The number of thiol groups is 2. The van der Waals surface area contributed by atoms with Crippen molar-refractivity contribution in [2.75, 3.05) is 11.5 Å². The summed E-state index contributed by atoms with van der Waals surface area (Å²) < 4.78 is 4.37. The van der Waals surface area contributed by atoms with Crippen molar-refractivity contribution in [1.29, 1.82) is 0 Å². The van der Waals surface area contributed by atoms with Crippen LogP contribution in [0.1, 0.15) is 73.6 Å². The number of benzene rings is 1. The molecule has 0 aliphatic rings. The quantitative estimate of drug-likeness (QED) is 0.152. The van der Waals surface area contributed by atoms with Crippen LogP contribution in [0, 0.1) is 0 Å². The van der Waals surface area contributed by atoms with E-state index in [4.69, 9.17) is 0 Å². The van der Waals surface area contributed by atoms with Gasteiger partial charge in [0.25, 0.3) is 0 Å². The molecule has 1 aromatic carbocycles. The van der Waals surface area contributed by atoms with Gasteiger partial charge in [-0.2, -0.15) is 25.3 Å². The van der Waals surface area contributed by atoms with Crippen molar-refractivity contribution < 1.29 is 0 Å². The molecular formula is C28H42N4S2. The molecule has 3 aromatic rings. The molecule has 186 valence electrons. The van der Waals surface area contributed by atoms with Crippen molar-refractivity contribution in [3.8, 4) is 0 Å². The molecule has 0 saturated heterocycles. The summed E-state index contributed by atoms with van der Waals surface area (Å²) in [6, 6.07) is 5.13. The molecule has 0 radical (unpaired) electrons. The predicted molar refractivity (Wildman–Crippen MR) is 150 cm³/mol. The molecule has 2 aromatic heterocycles. The summed E-state index contributed by atoms with van der Waals surface area (Å²) in [7, 11) is 0. The molecule has 4 nitrogen and oxygen atoms in total. The van der Waals surface area contributed by atoms with E-state index < -0.39 is 0 Å². The molecular weight excluding hydrogens is 456 g/mol. The minimum atomic E-state index is 0.977. The number of nitrogens with zero attached hydrogens (tertiary/aromatic N) is 4. The summed E-state index contributed by atoms with van der Waals surface area (Å²) in [4.78, 5) is 8.34. The average Bonchev–Trinajstić information content (AvgIpc) is 3.56. The molecule has 0 unspecified atom stereocenters. The monoisotopic (exact) mass is 498 g/mol. The van der Waals surface area contributed by atoms with Crippen LogP contribution in [0.15, 0.2) is 49.6 Å². The van der Waals surface area contributed by atoms with Crippen LogP contribution in [-0.2, 0) is 38.8 Å². The predicted octanol–water partition coefficient (Wildman–Crippen LogP) is 6.63. The van der Waals surface area contributed by atoms with Gasteiger partial charge in [0.1, 0.15) is 0 Å². The number of imidazole rings is 2. The van der Waals surface area contributed by atoms with E-state index in [9.17, 15) is 0 Å². The van der Waals surface area contributed by atoms with Crippen LogP contribution in [0.5, 0.6) is 0 Å². The van der Waals surface area contributed by atoms with E-state index >= 15 is 0 Å². The van der Waals surface area contributed by atoms with Gasteiger partial charge < -0.3 is 9.13 Å². The highest BCUT2D eigenvalue weighted by Gasteiger charge is 2.11. The SMILES string of the molecule is SCCCCc1cc(CCCCn2ccnc2)c(CCCCn2ccnc2)cc1CCCCS. The summed E-state index contributed by atoms with van der Waals surface area (Å²) in [5.41, 5.74) is 6.31. The van der Waals surface area contributed by atoms with Gasteiger partial charge >= 0.3 is 0 Å². The Balaban J connectivity index is 1.67. The molecule has 3 rings (SSSR count). The Kier molecular flexibility index (Phi) is 12.7. The highest BCUT2D eigenvalue weighted by atomic mass is 32.1. The molecule has 6 heteroatoms. The zero-order valence-corrected chi connectivity index (χ0v) is 22.4. The molecule has 0 amide bonds. The fraction of sp³-hybridized carbons (Fsp3) is 0.571. The van der Waals surface area contributed by atoms with Gasteiger partial charge in [-0.25, -0.2) is 9.97 Å². The maximum absolute atomic E-state index is 4.43. The van der Waals surface area contributed by atoms with Gasteiger partial charge in [-0.05, 0) is 111 Å². The van der Waals surface area contributed by atoms with Crippen LogP contribution in [0.25, 0.3) is 0 Å². The Morgan fingerprint density at radius 1 is 0.529 bits per heavy atom. The fourth-order valence-corrected chi connectivity index (χ4v) is 5.08. The second-order valence-corrected chi connectivity index (χ2v) is 10.2. The Labute approximate surface area is 217 Å². The first-order valence-corrected chi connectivity index (χ1v) is 14.3.